The van der Waals surface area contributed by atoms with Crippen LogP contribution in [0.3, 0.4) is 0 Å². The summed E-state index contributed by atoms with van der Waals surface area (Å²) in [6.45, 7) is 5.36. The van der Waals surface area contributed by atoms with Crippen LogP contribution in [0.4, 0.5) is 5.69 Å². The van der Waals surface area contributed by atoms with Crippen LogP contribution in [0.1, 0.15) is 22.8 Å². The maximum absolute atomic E-state index is 13.3. The average Bonchev–Trinajstić information content (AvgIpc) is 3.24. The molecule has 1 saturated heterocycles. The van der Waals surface area contributed by atoms with Gasteiger partial charge in [0.15, 0.2) is 5.65 Å². The highest BCUT2D eigenvalue weighted by atomic mass is 16.5. The Balaban J connectivity index is 1.44. The van der Waals surface area contributed by atoms with Gasteiger partial charge in [0.25, 0.3) is 5.56 Å². The second-order valence-electron chi connectivity index (χ2n) is 8.43. The molecule has 1 aliphatic rings. The molecule has 5 rings (SSSR count). The zero-order chi connectivity index (χ0) is 23.7. The van der Waals surface area contributed by atoms with Gasteiger partial charge in [-0.1, -0.05) is 24.3 Å². The van der Waals surface area contributed by atoms with Gasteiger partial charge in [0.2, 0.25) is 0 Å². The van der Waals surface area contributed by atoms with Gasteiger partial charge in [-0.15, -0.1) is 0 Å². The number of pyridine rings is 1. The van der Waals surface area contributed by atoms with Crippen LogP contribution in [0.25, 0.3) is 22.9 Å². The SMILES string of the molecule is Cc1c(C#N)c2nc3ccccc3n2c(=O)c1=CNc1ccc(C(O)CN2CCOCC2)cc1. The van der Waals surface area contributed by atoms with E-state index in [4.69, 9.17) is 4.74 Å². The number of aliphatic hydroxyl groups is 1. The molecule has 0 spiro atoms. The predicted molar refractivity (Wildman–Crippen MR) is 130 cm³/mol. The summed E-state index contributed by atoms with van der Waals surface area (Å²) in [7, 11) is 0. The number of ether oxygens (including phenoxy) is 1. The number of hydrogen-bond acceptors (Lipinski definition) is 7. The lowest BCUT2D eigenvalue weighted by molar-refractivity contribution is 0.0143. The van der Waals surface area contributed by atoms with Gasteiger partial charge in [-0.2, -0.15) is 5.26 Å². The minimum atomic E-state index is -0.582. The molecule has 0 aliphatic carbocycles. The number of nitrogens with one attached hydrogen (secondary N) is 1. The van der Waals surface area contributed by atoms with Crippen LogP contribution in [-0.2, 0) is 4.74 Å². The smallest absolute Gasteiger partial charge is 0.265 e. The number of para-hydroxylation sites is 2. The van der Waals surface area contributed by atoms with E-state index in [1.54, 1.807) is 13.1 Å². The lowest BCUT2D eigenvalue weighted by Crippen LogP contribution is -2.38. The monoisotopic (exact) mass is 455 g/mol. The largest absolute Gasteiger partial charge is 0.387 e. The molecule has 0 saturated carbocycles. The standard InChI is InChI=1S/C26H25N5O3/c1-17-20(14-27)25-29-22-4-2-3-5-23(22)31(25)26(33)21(17)15-28-19-8-6-18(7-9-19)24(32)16-30-10-12-34-13-11-30/h2-9,15,24,28,32H,10-13,16H2,1H3. The Hall–Kier alpha value is -3.77. The Morgan fingerprint density at radius 2 is 1.94 bits per heavy atom. The van der Waals surface area contributed by atoms with E-state index in [0.29, 0.717) is 52.8 Å². The normalized spacial score (nSPS) is 16.1. The molecule has 1 fully saturated rings. The van der Waals surface area contributed by atoms with E-state index in [-0.39, 0.29) is 5.56 Å². The molecule has 4 aromatic rings. The third kappa shape index (κ3) is 4.01. The van der Waals surface area contributed by atoms with Crippen LogP contribution in [0, 0.1) is 18.3 Å². The topological polar surface area (TPSA) is 103 Å². The van der Waals surface area contributed by atoms with Gasteiger partial charge in [0.05, 0.1) is 41.1 Å². The molecule has 3 heterocycles. The number of aromatic nitrogens is 2. The second kappa shape index (κ2) is 9.23. The summed E-state index contributed by atoms with van der Waals surface area (Å²) >= 11 is 0. The maximum Gasteiger partial charge on any atom is 0.265 e. The van der Waals surface area contributed by atoms with Crippen molar-refractivity contribution in [3.8, 4) is 6.07 Å². The molecule has 34 heavy (non-hydrogen) atoms. The summed E-state index contributed by atoms with van der Waals surface area (Å²) in [6, 6.07) is 17.0. The van der Waals surface area contributed by atoms with E-state index in [0.717, 1.165) is 24.3 Å². The summed E-state index contributed by atoms with van der Waals surface area (Å²) < 4.78 is 6.86. The highest BCUT2D eigenvalue weighted by Crippen LogP contribution is 2.19. The minimum Gasteiger partial charge on any atom is -0.387 e. The number of anilines is 1. The van der Waals surface area contributed by atoms with Crippen LogP contribution in [0.2, 0.25) is 0 Å². The first-order valence-corrected chi connectivity index (χ1v) is 11.3. The van der Waals surface area contributed by atoms with Crippen molar-refractivity contribution in [2.45, 2.75) is 13.0 Å². The van der Waals surface area contributed by atoms with Crippen molar-refractivity contribution >= 4 is 28.6 Å². The zero-order valence-electron chi connectivity index (χ0n) is 18.9. The number of nitrogens with zero attached hydrogens (tertiary/aromatic N) is 4. The second-order valence-corrected chi connectivity index (χ2v) is 8.43. The Bertz CT molecular complexity index is 1500. The van der Waals surface area contributed by atoms with Crippen LogP contribution < -0.4 is 16.1 Å². The van der Waals surface area contributed by atoms with Crippen molar-refractivity contribution in [2.24, 2.45) is 0 Å². The number of nitriles is 1. The van der Waals surface area contributed by atoms with Gasteiger partial charge < -0.3 is 15.2 Å². The molecule has 8 heteroatoms. The van der Waals surface area contributed by atoms with Gasteiger partial charge in [-0.3, -0.25) is 14.1 Å². The number of benzene rings is 2. The van der Waals surface area contributed by atoms with Crippen molar-refractivity contribution in [2.75, 3.05) is 38.2 Å². The Labute approximate surface area is 196 Å². The van der Waals surface area contributed by atoms with Gasteiger partial charge >= 0.3 is 0 Å². The van der Waals surface area contributed by atoms with Gasteiger partial charge in [-0.25, -0.2) is 4.98 Å². The molecule has 172 valence electrons. The molecule has 0 bridgehead atoms. The van der Waals surface area contributed by atoms with Crippen LogP contribution >= 0.6 is 0 Å². The van der Waals surface area contributed by atoms with E-state index >= 15 is 0 Å². The minimum absolute atomic E-state index is 0.231. The first-order chi connectivity index (χ1) is 16.6. The zero-order valence-corrected chi connectivity index (χ0v) is 18.9. The molecule has 2 aromatic heterocycles. The molecule has 1 atom stereocenters. The summed E-state index contributed by atoms with van der Waals surface area (Å²) in [6.07, 6.45) is 1.05. The Morgan fingerprint density at radius 3 is 2.68 bits per heavy atom. The number of aliphatic hydroxyl groups excluding tert-OH is 1. The van der Waals surface area contributed by atoms with Crippen molar-refractivity contribution in [1.82, 2.24) is 14.3 Å². The number of fused-ring (bicyclic) bond motifs is 3. The maximum atomic E-state index is 13.3. The predicted octanol–water partition coefficient (Wildman–Crippen LogP) is 1.96. The van der Waals surface area contributed by atoms with Crippen LogP contribution in [0.15, 0.2) is 53.3 Å². The highest BCUT2D eigenvalue weighted by molar-refractivity contribution is 5.82. The van der Waals surface area contributed by atoms with E-state index in [1.807, 2.05) is 48.5 Å². The number of β-amino-alcohol motifs (C(OH)–C–C–N with tert-alkyl or cyclic N) is 1. The number of hydrogen-bond donors (Lipinski definition) is 2. The molecular weight excluding hydrogens is 430 g/mol. The summed E-state index contributed by atoms with van der Waals surface area (Å²) in [5.41, 5.74) is 4.06. The summed E-state index contributed by atoms with van der Waals surface area (Å²) in [4.78, 5) is 20.0. The molecule has 2 N–H and O–H groups in total. The fourth-order valence-corrected chi connectivity index (χ4v) is 4.38. The first kappa shape index (κ1) is 22.0. The Morgan fingerprint density at radius 1 is 1.21 bits per heavy atom. The number of rotatable bonds is 5. The van der Waals surface area contributed by atoms with Crippen molar-refractivity contribution in [3.63, 3.8) is 0 Å². The third-order valence-electron chi connectivity index (χ3n) is 6.32. The average molecular weight is 456 g/mol. The number of morpholine rings is 1. The number of imidazole rings is 1. The van der Waals surface area contributed by atoms with Gasteiger partial charge in [0.1, 0.15) is 6.07 Å². The highest BCUT2D eigenvalue weighted by Gasteiger charge is 2.17. The van der Waals surface area contributed by atoms with E-state index in [1.165, 1.54) is 4.40 Å². The van der Waals surface area contributed by atoms with Crippen LogP contribution in [0.5, 0.6) is 0 Å². The molecular formula is C26H25N5O3. The lowest BCUT2D eigenvalue weighted by atomic mass is 10.1. The molecule has 2 aromatic carbocycles. The van der Waals surface area contributed by atoms with E-state index in [2.05, 4.69) is 21.3 Å². The molecule has 8 nitrogen and oxygen atoms in total. The van der Waals surface area contributed by atoms with Crippen molar-refractivity contribution < 1.29 is 9.84 Å². The quantitative estimate of drug-likeness (QED) is 0.474. The molecule has 1 aliphatic heterocycles. The molecule has 0 amide bonds. The fraction of sp³-hybridized carbons (Fsp3) is 0.269. The third-order valence-corrected chi connectivity index (χ3v) is 6.32. The first-order valence-electron chi connectivity index (χ1n) is 11.3. The Kier molecular flexibility index (Phi) is 5.99. The lowest BCUT2D eigenvalue weighted by Gasteiger charge is -2.28. The fourth-order valence-electron chi connectivity index (χ4n) is 4.38. The van der Waals surface area contributed by atoms with E-state index in [9.17, 15) is 15.2 Å². The molecule has 0 radical (unpaired) electrons. The van der Waals surface area contributed by atoms with Crippen molar-refractivity contribution in [3.05, 3.63) is 80.8 Å². The van der Waals surface area contributed by atoms with Crippen molar-refractivity contribution in [1.29, 1.82) is 5.26 Å². The molecule has 1 unspecified atom stereocenters. The summed E-state index contributed by atoms with van der Waals surface area (Å²) in [5, 5.41) is 23.9. The summed E-state index contributed by atoms with van der Waals surface area (Å²) in [5.74, 6) is 0. The van der Waals surface area contributed by atoms with Gasteiger partial charge in [0, 0.05) is 31.5 Å². The van der Waals surface area contributed by atoms with E-state index < -0.39 is 6.10 Å². The van der Waals surface area contributed by atoms with Gasteiger partial charge in [-0.05, 0) is 42.3 Å². The van der Waals surface area contributed by atoms with Crippen LogP contribution in [-0.4, -0.2) is 52.2 Å².